The van der Waals surface area contributed by atoms with Gasteiger partial charge >= 0.3 is 8.80 Å². The van der Waals surface area contributed by atoms with Gasteiger partial charge in [-0.25, -0.2) is 0 Å². The van der Waals surface area contributed by atoms with Gasteiger partial charge in [-0.1, -0.05) is 24.9 Å². The van der Waals surface area contributed by atoms with Crippen LogP contribution in [0.4, 0.5) is 0 Å². The Morgan fingerprint density at radius 2 is 1.92 bits per heavy atom. The van der Waals surface area contributed by atoms with Gasteiger partial charge in [-0.05, 0) is 15.9 Å². The molecule has 0 radical (unpaired) electrons. The van der Waals surface area contributed by atoms with Gasteiger partial charge in [0.05, 0.1) is 0 Å². The Hall–Kier alpha value is 0.867. The molecule has 0 bridgehead atoms. The third kappa shape index (κ3) is 4.20. The molecule has 0 saturated heterocycles. The van der Waals surface area contributed by atoms with Crippen LogP contribution in [0.5, 0.6) is 0 Å². The minimum atomic E-state index is -2.49. The van der Waals surface area contributed by atoms with Gasteiger partial charge in [0.1, 0.15) is 0 Å². The standard InChI is InChI=1S/C6H14BrClO3Si/c1-4-5-12(9-2,10-3)11-6(7)8/h6H,4-5H2,1-3H3. The summed E-state index contributed by atoms with van der Waals surface area (Å²) in [5, 5.41) is 0. The zero-order chi connectivity index (χ0) is 9.61. The quantitative estimate of drug-likeness (QED) is 0.552. The van der Waals surface area contributed by atoms with Crippen LogP contribution in [-0.4, -0.2) is 27.5 Å². The van der Waals surface area contributed by atoms with E-state index in [0.29, 0.717) is 0 Å². The van der Waals surface area contributed by atoms with Crippen molar-refractivity contribution in [2.75, 3.05) is 14.2 Å². The van der Waals surface area contributed by atoms with E-state index in [4.69, 9.17) is 24.9 Å². The first kappa shape index (κ1) is 12.9. The number of rotatable bonds is 6. The molecule has 0 fully saturated rings. The number of hydrogen-bond acceptors (Lipinski definition) is 3. The molecule has 6 heteroatoms. The van der Waals surface area contributed by atoms with Gasteiger partial charge in [-0.2, -0.15) is 0 Å². The number of halogens is 2. The van der Waals surface area contributed by atoms with Crippen LogP contribution in [0.25, 0.3) is 0 Å². The van der Waals surface area contributed by atoms with Crippen LogP contribution in [0.15, 0.2) is 0 Å². The molecule has 0 aromatic carbocycles. The average molecular weight is 278 g/mol. The van der Waals surface area contributed by atoms with E-state index >= 15 is 0 Å². The fraction of sp³-hybridized carbons (Fsp3) is 1.00. The van der Waals surface area contributed by atoms with Crippen LogP contribution in [0.2, 0.25) is 6.04 Å². The second-order valence-corrected chi connectivity index (χ2v) is 6.89. The molecular formula is C6H14BrClO3Si. The summed E-state index contributed by atoms with van der Waals surface area (Å²) < 4.78 is 15.2. The molecule has 3 nitrogen and oxygen atoms in total. The van der Waals surface area contributed by atoms with Crippen molar-refractivity contribution in [2.24, 2.45) is 0 Å². The molecule has 0 aliphatic heterocycles. The highest BCUT2D eigenvalue weighted by atomic mass is 79.9. The lowest BCUT2D eigenvalue weighted by molar-refractivity contribution is 0.110. The van der Waals surface area contributed by atoms with Crippen LogP contribution in [0.3, 0.4) is 0 Å². The second kappa shape index (κ2) is 6.34. The van der Waals surface area contributed by atoms with Gasteiger partial charge < -0.3 is 13.3 Å². The van der Waals surface area contributed by atoms with E-state index in [1.54, 1.807) is 14.2 Å². The predicted octanol–water partition coefficient (Wildman–Crippen LogP) is 2.56. The molecule has 0 aliphatic carbocycles. The first-order chi connectivity index (χ1) is 5.60. The Morgan fingerprint density at radius 3 is 2.17 bits per heavy atom. The third-order valence-corrected chi connectivity index (χ3v) is 5.17. The summed E-state index contributed by atoms with van der Waals surface area (Å²) in [5.74, 6) is 0. The Kier molecular flexibility index (Phi) is 6.80. The van der Waals surface area contributed by atoms with Crippen molar-refractivity contribution in [3.05, 3.63) is 0 Å². The van der Waals surface area contributed by atoms with Crippen LogP contribution in [-0.2, 0) is 13.3 Å². The SMILES string of the molecule is CCC[Si](OC)(OC)OC(Cl)Br. The van der Waals surface area contributed by atoms with Crippen LogP contribution in [0.1, 0.15) is 13.3 Å². The van der Waals surface area contributed by atoms with E-state index in [-0.39, 0.29) is 0 Å². The highest BCUT2D eigenvalue weighted by Crippen LogP contribution is 2.21. The molecule has 0 aliphatic rings. The minimum Gasteiger partial charge on any atom is -0.377 e. The summed E-state index contributed by atoms with van der Waals surface area (Å²) in [5.41, 5.74) is 0. The van der Waals surface area contributed by atoms with Crippen molar-refractivity contribution in [3.8, 4) is 0 Å². The summed E-state index contributed by atoms with van der Waals surface area (Å²) in [7, 11) is 0.677. The van der Waals surface area contributed by atoms with Gasteiger partial charge in [-0.15, -0.1) is 0 Å². The summed E-state index contributed by atoms with van der Waals surface area (Å²) in [6.45, 7) is 2.04. The zero-order valence-electron chi connectivity index (χ0n) is 7.47. The Morgan fingerprint density at radius 1 is 1.42 bits per heavy atom. The first-order valence-corrected chi connectivity index (χ1v) is 6.95. The summed E-state index contributed by atoms with van der Waals surface area (Å²) >= 11 is 8.70. The highest BCUT2D eigenvalue weighted by molar-refractivity contribution is 9.10. The smallest absolute Gasteiger partial charge is 0.377 e. The van der Waals surface area contributed by atoms with Gasteiger partial charge in [0.2, 0.25) is 0 Å². The lowest BCUT2D eigenvalue weighted by Crippen LogP contribution is -2.44. The van der Waals surface area contributed by atoms with E-state index in [1.165, 1.54) is 0 Å². The third-order valence-electron chi connectivity index (χ3n) is 1.45. The molecule has 0 saturated carbocycles. The van der Waals surface area contributed by atoms with E-state index < -0.39 is 13.3 Å². The molecule has 0 amide bonds. The van der Waals surface area contributed by atoms with Crippen molar-refractivity contribution in [1.82, 2.24) is 0 Å². The maximum Gasteiger partial charge on any atom is 0.502 e. The van der Waals surface area contributed by atoms with Crippen molar-refractivity contribution in [3.63, 3.8) is 0 Å². The Balaban J connectivity index is 4.13. The monoisotopic (exact) mass is 276 g/mol. The fourth-order valence-corrected chi connectivity index (χ4v) is 3.92. The predicted molar refractivity (Wildman–Crippen MR) is 54.5 cm³/mol. The maximum absolute atomic E-state index is 5.62. The largest absolute Gasteiger partial charge is 0.502 e. The number of alkyl halides is 2. The lowest BCUT2D eigenvalue weighted by Gasteiger charge is -2.26. The van der Waals surface area contributed by atoms with Crippen LogP contribution >= 0.6 is 27.5 Å². The summed E-state index contributed by atoms with van der Waals surface area (Å²) in [6.07, 6.45) is 0.949. The van der Waals surface area contributed by atoms with Crippen molar-refractivity contribution in [2.45, 2.75) is 23.9 Å². The molecule has 12 heavy (non-hydrogen) atoms. The van der Waals surface area contributed by atoms with Crippen molar-refractivity contribution >= 4 is 36.3 Å². The van der Waals surface area contributed by atoms with E-state index in [0.717, 1.165) is 12.5 Å². The molecule has 1 unspecified atom stereocenters. The molecule has 0 heterocycles. The van der Waals surface area contributed by atoms with Gasteiger partial charge in [0.15, 0.2) is 4.47 Å². The molecule has 74 valence electrons. The molecule has 0 aromatic rings. The molecular weight excluding hydrogens is 264 g/mol. The first-order valence-electron chi connectivity index (χ1n) is 3.66. The molecule has 0 spiro atoms. The van der Waals surface area contributed by atoms with E-state index in [2.05, 4.69) is 15.9 Å². The average Bonchev–Trinajstić information content (AvgIpc) is 2.03. The number of hydrogen-bond donors (Lipinski definition) is 0. The summed E-state index contributed by atoms with van der Waals surface area (Å²) in [6, 6.07) is 0.773. The van der Waals surface area contributed by atoms with Gasteiger partial charge in [0.25, 0.3) is 0 Å². The Labute approximate surface area is 87.8 Å². The Bertz CT molecular complexity index is 121. The molecule has 0 N–H and O–H groups in total. The second-order valence-electron chi connectivity index (χ2n) is 2.22. The highest BCUT2D eigenvalue weighted by Gasteiger charge is 2.39. The molecule has 1 atom stereocenters. The maximum atomic E-state index is 5.62. The van der Waals surface area contributed by atoms with Crippen LogP contribution in [0, 0.1) is 0 Å². The van der Waals surface area contributed by atoms with E-state index in [9.17, 15) is 0 Å². The molecule has 0 rings (SSSR count). The van der Waals surface area contributed by atoms with Crippen molar-refractivity contribution in [1.29, 1.82) is 0 Å². The summed E-state index contributed by atoms with van der Waals surface area (Å²) in [4.78, 5) is 0. The zero-order valence-corrected chi connectivity index (χ0v) is 10.8. The van der Waals surface area contributed by atoms with Crippen molar-refractivity contribution < 1.29 is 13.3 Å². The lowest BCUT2D eigenvalue weighted by atomic mass is 10.6. The van der Waals surface area contributed by atoms with Gasteiger partial charge in [-0.3, -0.25) is 0 Å². The fourth-order valence-electron chi connectivity index (χ4n) is 0.885. The topological polar surface area (TPSA) is 27.7 Å². The molecule has 0 aromatic heterocycles. The van der Waals surface area contributed by atoms with E-state index in [1.807, 2.05) is 6.92 Å². The van der Waals surface area contributed by atoms with Crippen LogP contribution < -0.4 is 0 Å². The normalized spacial score (nSPS) is 14.8. The van der Waals surface area contributed by atoms with Gasteiger partial charge in [0, 0.05) is 20.3 Å². The minimum absolute atomic E-state index is 0.546.